The highest BCUT2D eigenvalue weighted by atomic mass is 19.4. The van der Waals surface area contributed by atoms with Gasteiger partial charge in [-0.2, -0.15) is 13.2 Å². The summed E-state index contributed by atoms with van der Waals surface area (Å²) in [7, 11) is 0. The van der Waals surface area contributed by atoms with Gasteiger partial charge in [-0.3, -0.25) is 0 Å². The van der Waals surface area contributed by atoms with Crippen LogP contribution in [0.5, 0.6) is 0 Å². The van der Waals surface area contributed by atoms with E-state index < -0.39 is 11.7 Å². The zero-order chi connectivity index (χ0) is 11.6. The maximum absolute atomic E-state index is 12.4. The fraction of sp³-hybridized carbons (Fsp3) is 0.500. The smallest absolute Gasteiger partial charge is 0.166 e. The highest BCUT2D eigenvalue weighted by Gasteiger charge is 2.30. The maximum Gasteiger partial charge on any atom is 0.416 e. The van der Waals surface area contributed by atoms with Crippen molar-refractivity contribution in [1.82, 2.24) is 0 Å². The van der Waals surface area contributed by atoms with Gasteiger partial charge in [-0.1, -0.05) is 39.0 Å². The van der Waals surface area contributed by atoms with Gasteiger partial charge in [-0.15, -0.1) is 0 Å². The molecule has 1 atom stereocenters. The molecule has 0 aliphatic rings. The lowest BCUT2D eigenvalue weighted by Gasteiger charge is -2.17. The van der Waals surface area contributed by atoms with Gasteiger partial charge in [-0.25, -0.2) is 0 Å². The minimum absolute atomic E-state index is 0.146. The minimum atomic E-state index is -4.24. The summed E-state index contributed by atoms with van der Waals surface area (Å²) >= 11 is 0. The second kappa shape index (κ2) is 4.25. The van der Waals surface area contributed by atoms with Crippen LogP contribution >= 0.6 is 0 Å². The molecule has 0 radical (unpaired) electrons. The molecule has 0 heterocycles. The van der Waals surface area contributed by atoms with Crippen LogP contribution in [0.4, 0.5) is 13.2 Å². The van der Waals surface area contributed by atoms with E-state index in [9.17, 15) is 13.2 Å². The molecule has 3 heteroatoms. The predicted molar refractivity (Wildman–Crippen MR) is 54.7 cm³/mol. The Hall–Kier alpha value is -0.990. The van der Waals surface area contributed by atoms with Gasteiger partial charge in [0.1, 0.15) is 0 Å². The molecule has 84 valence electrons. The fourth-order valence-corrected chi connectivity index (χ4v) is 1.38. The first-order chi connectivity index (χ1) is 6.82. The Balaban J connectivity index is 3.03. The molecule has 0 saturated carbocycles. The van der Waals surface area contributed by atoms with E-state index in [1.165, 1.54) is 12.1 Å². The van der Waals surface area contributed by atoms with Crippen LogP contribution in [0, 0.1) is 5.92 Å². The van der Waals surface area contributed by atoms with Gasteiger partial charge in [0, 0.05) is 0 Å². The Bertz CT molecular complexity index is 326. The summed E-state index contributed by atoms with van der Waals surface area (Å²) in [5.41, 5.74) is 0.187. The number of alkyl halides is 3. The molecule has 15 heavy (non-hydrogen) atoms. The Morgan fingerprint density at radius 2 is 1.67 bits per heavy atom. The Kier molecular flexibility index (Phi) is 3.42. The standard InChI is InChI=1S/C12H15F3/c1-8(2)9(3)10-5-4-6-11(7-10)12(13,14)15/h4-9H,1-3H3. The van der Waals surface area contributed by atoms with Crippen LogP contribution in [-0.2, 0) is 6.18 Å². The molecule has 1 aromatic carbocycles. The van der Waals surface area contributed by atoms with Crippen molar-refractivity contribution in [3.8, 4) is 0 Å². The van der Waals surface area contributed by atoms with Gasteiger partial charge in [0.05, 0.1) is 5.56 Å². The van der Waals surface area contributed by atoms with Gasteiger partial charge in [0.15, 0.2) is 0 Å². The normalized spacial score (nSPS) is 14.3. The average Bonchev–Trinajstić information content (AvgIpc) is 2.15. The van der Waals surface area contributed by atoms with E-state index in [2.05, 4.69) is 0 Å². The summed E-state index contributed by atoms with van der Waals surface area (Å²) in [5, 5.41) is 0. The van der Waals surface area contributed by atoms with E-state index in [0.717, 1.165) is 11.6 Å². The van der Waals surface area contributed by atoms with E-state index in [1.54, 1.807) is 6.07 Å². The predicted octanol–water partition coefficient (Wildman–Crippen LogP) is 4.46. The lowest BCUT2D eigenvalue weighted by Crippen LogP contribution is -2.08. The largest absolute Gasteiger partial charge is 0.416 e. The summed E-state index contributed by atoms with van der Waals surface area (Å²) in [5.74, 6) is 0.487. The Morgan fingerprint density at radius 3 is 2.13 bits per heavy atom. The number of benzene rings is 1. The van der Waals surface area contributed by atoms with Crippen LogP contribution in [0.2, 0.25) is 0 Å². The van der Waals surface area contributed by atoms with Crippen molar-refractivity contribution < 1.29 is 13.2 Å². The number of halogens is 3. The van der Waals surface area contributed by atoms with E-state index in [-0.39, 0.29) is 5.92 Å². The van der Waals surface area contributed by atoms with Crippen molar-refractivity contribution >= 4 is 0 Å². The molecule has 1 aromatic rings. The molecule has 0 aliphatic carbocycles. The third-order valence-electron chi connectivity index (χ3n) is 2.74. The molecule has 0 bridgehead atoms. The quantitative estimate of drug-likeness (QED) is 0.684. The SMILES string of the molecule is CC(C)C(C)c1cccc(C(F)(F)F)c1. The molecule has 0 aromatic heterocycles. The van der Waals surface area contributed by atoms with Gasteiger partial charge < -0.3 is 0 Å². The van der Waals surface area contributed by atoms with E-state index in [4.69, 9.17) is 0 Å². The summed E-state index contributed by atoms with van der Waals surface area (Å²) in [4.78, 5) is 0. The molecule has 1 unspecified atom stereocenters. The highest BCUT2D eigenvalue weighted by molar-refractivity contribution is 5.28. The van der Waals surface area contributed by atoms with Crippen LogP contribution < -0.4 is 0 Å². The van der Waals surface area contributed by atoms with Crippen molar-refractivity contribution in [2.75, 3.05) is 0 Å². The first-order valence-electron chi connectivity index (χ1n) is 4.99. The summed E-state index contributed by atoms with van der Waals surface area (Å²) in [6, 6.07) is 5.57. The van der Waals surface area contributed by atoms with Crippen LogP contribution in [0.15, 0.2) is 24.3 Å². The monoisotopic (exact) mass is 216 g/mol. The van der Waals surface area contributed by atoms with Gasteiger partial charge in [0.25, 0.3) is 0 Å². The van der Waals surface area contributed by atoms with Crippen LogP contribution in [0.3, 0.4) is 0 Å². The third kappa shape index (κ3) is 2.98. The number of hydrogen-bond donors (Lipinski definition) is 0. The topological polar surface area (TPSA) is 0 Å². The molecule has 1 rings (SSSR count). The summed E-state index contributed by atoms with van der Waals surface area (Å²) in [6.07, 6.45) is -4.24. The molecule has 0 amide bonds. The summed E-state index contributed by atoms with van der Waals surface area (Å²) < 4.78 is 37.3. The Morgan fingerprint density at radius 1 is 1.07 bits per heavy atom. The molecule has 0 spiro atoms. The lowest BCUT2D eigenvalue weighted by molar-refractivity contribution is -0.137. The van der Waals surface area contributed by atoms with Crippen molar-refractivity contribution in [2.24, 2.45) is 5.92 Å². The summed E-state index contributed by atoms with van der Waals surface area (Å²) in [6.45, 7) is 5.95. The minimum Gasteiger partial charge on any atom is -0.166 e. The van der Waals surface area contributed by atoms with E-state index in [1.807, 2.05) is 20.8 Å². The van der Waals surface area contributed by atoms with Gasteiger partial charge in [0.2, 0.25) is 0 Å². The van der Waals surface area contributed by atoms with Gasteiger partial charge in [-0.05, 0) is 23.5 Å². The number of hydrogen-bond acceptors (Lipinski definition) is 0. The average molecular weight is 216 g/mol. The van der Waals surface area contributed by atoms with Crippen LogP contribution in [0.1, 0.15) is 37.8 Å². The molecule has 0 fully saturated rings. The second-order valence-corrected chi connectivity index (χ2v) is 4.16. The molecule has 0 saturated heterocycles. The first-order valence-corrected chi connectivity index (χ1v) is 4.99. The third-order valence-corrected chi connectivity index (χ3v) is 2.74. The van der Waals surface area contributed by atoms with Crippen molar-refractivity contribution in [3.63, 3.8) is 0 Å². The highest BCUT2D eigenvalue weighted by Crippen LogP contribution is 2.32. The molecule has 0 aliphatic heterocycles. The van der Waals surface area contributed by atoms with E-state index in [0.29, 0.717) is 5.92 Å². The zero-order valence-corrected chi connectivity index (χ0v) is 9.10. The molecule has 0 nitrogen and oxygen atoms in total. The lowest BCUT2D eigenvalue weighted by atomic mass is 9.89. The second-order valence-electron chi connectivity index (χ2n) is 4.16. The van der Waals surface area contributed by atoms with Crippen LogP contribution in [-0.4, -0.2) is 0 Å². The van der Waals surface area contributed by atoms with Crippen molar-refractivity contribution in [3.05, 3.63) is 35.4 Å². The number of rotatable bonds is 2. The van der Waals surface area contributed by atoms with Crippen LogP contribution in [0.25, 0.3) is 0 Å². The molecule has 0 N–H and O–H groups in total. The van der Waals surface area contributed by atoms with Crippen molar-refractivity contribution in [1.29, 1.82) is 0 Å². The molecular weight excluding hydrogens is 201 g/mol. The molecular formula is C12H15F3. The van der Waals surface area contributed by atoms with Crippen molar-refractivity contribution in [2.45, 2.75) is 32.9 Å². The van der Waals surface area contributed by atoms with E-state index >= 15 is 0 Å². The Labute approximate surface area is 88.1 Å². The van der Waals surface area contributed by atoms with Gasteiger partial charge >= 0.3 is 6.18 Å². The first kappa shape index (κ1) is 12.1. The zero-order valence-electron chi connectivity index (χ0n) is 9.10. The fourth-order valence-electron chi connectivity index (χ4n) is 1.38. The maximum atomic E-state index is 12.4.